The molecular formula is C17H15ClF3N3O4S. The zero-order valence-electron chi connectivity index (χ0n) is 15.1. The fourth-order valence-corrected chi connectivity index (χ4v) is 3.26. The lowest BCUT2D eigenvalue weighted by molar-refractivity contribution is -0.137. The Hall–Kier alpha value is -2.53. The van der Waals surface area contributed by atoms with E-state index in [4.69, 9.17) is 16.3 Å². The van der Waals surface area contributed by atoms with Crippen molar-refractivity contribution < 1.29 is 27.5 Å². The van der Waals surface area contributed by atoms with Gasteiger partial charge in [-0.05, 0) is 32.0 Å². The van der Waals surface area contributed by atoms with E-state index >= 15 is 0 Å². The largest absolute Gasteiger partial charge is 0.462 e. The van der Waals surface area contributed by atoms with Crippen LogP contribution in [-0.4, -0.2) is 34.2 Å². The Morgan fingerprint density at radius 1 is 1.34 bits per heavy atom. The van der Waals surface area contributed by atoms with Crippen molar-refractivity contribution in [2.75, 3.05) is 17.7 Å². The van der Waals surface area contributed by atoms with Gasteiger partial charge in [-0.15, -0.1) is 0 Å². The summed E-state index contributed by atoms with van der Waals surface area (Å²) in [5, 5.41) is 2.17. The van der Waals surface area contributed by atoms with Gasteiger partial charge in [0.1, 0.15) is 10.6 Å². The summed E-state index contributed by atoms with van der Waals surface area (Å²) >= 11 is 6.61. The maximum Gasteiger partial charge on any atom is 0.416 e. The quantitative estimate of drug-likeness (QED) is 0.396. The zero-order valence-corrected chi connectivity index (χ0v) is 16.7. The third-order valence-electron chi connectivity index (χ3n) is 3.47. The van der Waals surface area contributed by atoms with E-state index in [9.17, 15) is 27.6 Å². The van der Waals surface area contributed by atoms with Crippen LogP contribution in [0.25, 0.3) is 0 Å². The van der Waals surface area contributed by atoms with E-state index in [2.05, 4.69) is 15.3 Å². The van der Waals surface area contributed by atoms with Crippen molar-refractivity contribution in [1.82, 2.24) is 9.97 Å². The predicted molar refractivity (Wildman–Crippen MR) is 101 cm³/mol. The van der Waals surface area contributed by atoms with Crippen LogP contribution in [0.4, 0.5) is 18.9 Å². The van der Waals surface area contributed by atoms with Gasteiger partial charge in [-0.1, -0.05) is 23.4 Å². The van der Waals surface area contributed by atoms with E-state index in [1.165, 1.54) is 6.92 Å². The molecule has 1 aromatic heterocycles. The number of aromatic amines is 1. The third kappa shape index (κ3) is 5.97. The lowest BCUT2D eigenvalue weighted by atomic mass is 10.2. The molecule has 0 fully saturated rings. The van der Waals surface area contributed by atoms with Gasteiger partial charge in [0.15, 0.2) is 0 Å². The number of amides is 1. The minimum atomic E-state index is -4.60. The Morgan fingerprint density at radius 3 is 2.66 bits per heavy atom. The number of nitrogens with zero attached hydrogens (tertiary/aromatic N) is 1. The Bertz CT molecular complexity index is 995. The minimum Gasteiger partial charge on any atom is -0.462 e. The van der Waals surface area contributed by atoms with Crippen LogP contribution in [0.5, 0.6) is 0 Å². The van der Waals surface area contributed by atoms with Crippen molar-refractivity contribution >= 4 is 40.9 Å². The van der Waals surface area contributed by atoms with Gasteiger partial charge in [0.05, 0.1) is 28.6 Å². The molecule has 1 heterocycles. The predicted octanol–water partition coefficient (Wildman–Crippen LogP) is 3.66. The number of anilines is 1. The number of benzene rings is 1. The highest BCUT2D eigenvalue weighted by Crippen LogP contribution is 2.34. The molecule has 0 bridgehead atoms. The first kappa shape index (κ1) is 22.8. The molecule has 0 spiro atoms. The number of nitrogens with one attached hydrogen (secondary N) is 2. The molecule has 0 saturated carbocycles. The second-order valence-corrected chi connectivity index (χ2v) is 6.97. The maximum atomic E-state index is 12.8. The molecule has 0 aliphatic rings. The third-order valence-corrected chi connectivity index (χ3v) is 4.78. The van der Waals surface area contributed by atoms with E-state index in [0.717, 1.165) is 23.9 Å². The van der Waals surface area contributed by atoms with Crippen LogP contribution in [0, 0.1) is 6.92 Å². The Kier molecular flexibility index (Phi) is 7.31. The summed E-state index contributed by atoms with van der Waals surface area (Å²) < 4.78 is 43.4. The summed E-state index contributed by atoms with van der Waals surface area (Å²) in [4.78, 5) is 41.9. The molecule has 0 atom stereocenters. The average Bonchev–Trinajstić information content (AvgIpc) is 2.60. The Labute approximate surface area is 172 Å². The second kappa shape index (κ2) is 9.31. The van der Waals surface area contributed by atoms with E-state index in [-0.39, 0.29) is 39.4 Å². The molecule has 12 heteroatoms. The highest BCUT2D eigenvalue weighted by atomic mass is 35.5. The molecule has 0 unspecified atom stereocenters. The number of esters is 1. The van der Waals surface area contributed by atoms with Crippen molar-refractivity contribution in [3.05, 3.63) is 50.5 Å². The number of thioether (sulfide) groups is 1. The van der Waals surface area contributed by atoms with Crippen molar-refractivity contribution in [3.63, 3.8) is 0 Å². The molecule has 2 aromatic rings. The highest BCUT2D eigenvalue weighted by molar-refractivity contribution is 8.00. The van der Waals surface area contributed by atoms with E-state index in [0.29, 0.717) is 6.07 Å². The number of aromatic nitrogens is 2. The van der Waals surface area contributed by atoms with Crippen LogP contribution in [0.2, 0.25) is 5.02 Å². The average molecular weight is 450 g/mol. The fraction of sp³-hybridized carbons (Fsp3) is 0.294. The monoisotopic (exact) mass is 449 g/mol. The normalized spacial score (nSPS) is 11.2. The topological polar surface area (TPSA) is 101 Å². The van der Waals surface area contributed by atoms with Gasteiger partial charge < -0.3 is 15.0 Å². The summed E-state index contributed by atoms with van der Waals surface area (Å²) in [7, 11) is 0. The van der Waals surface area contributed by atoms with E-state index in [1.807, 2.05) is 0 Å². The summed E-state index contributed by atoms with van der Waals surface area (Å²) in [6.07, 6.45) is -4.60. The molecule has 1 aromatic carbocycles. The second-order valence-electron chi connectivity index (χ2n) is 5.60. The number of H-pyrrole nitrogens is 1. The fourth-order valence-electron chi connectivity index (χ4n) is 2.23. The summed E-state index contributed by atoms with van der Waals surface area (Å²) in [5.74, 6) is -1.77. The van der Waals surface area contributed by atoms with E-state index in [1.54, 1.807) is 6.92 Å². The lowest BCUT2D eigenvalue weighted by Crippen LogP contribution is -2.21. The first-order valence-corrected chi connectivity index (χ1v) is 9.46. The molecule has 0 saturated heterocycles. The van der Waals surface area contributed by atoms with Gasteiger partial charge in [-0.3, -0.25) is 4.79 Å². The number of halogens is 4. The number of rotatable bonds is 6. The lowest BCUT2D eigenvalue weighted by Gasteiger charge is -2.12. The molecule has 0 aliphatic carbocycles. The van der Waals surface area contributed by atoms with Gasteiger partial charge >= 0.3 is 17.8 Å². The van der Waals surface area contributed by atoms with Crippen LogP contribution < -0.4 is 11.0 Å². The zero-order chi connectivity index (χ0) is 21.8. The number of hydrogen-bond acceptors (Lipinski definition) is 6. The molecule has 29 heavy (non-hydrogen) atoms. The molecule has 2 rings (SSSR count). The number of alkyl halides is 3. The smallest absolute Gasteiger partial charge is 0.416 e. The Morgan fingerprint density at radius 2 is 2.03 bits per heavy atom. The molecule has 0 radical (unpaired) electrons. The molecule has 7 nitrogen and oxygen atoms in total. The van der Waals surface area contributed by atoms with Crippen LogP contribution in [0.3, 0.4) is 0 Å². The molecule has 1 amide bonds. The number of carbonyl (C=O) groups is 2. The number of ether oxygens (including phenoxy) is 1. The van der Waals surface area contributed by atoms with Gasteiger partial charge in [-0.25, -0.2) is 9.59 Å². The molecule has 156 valence electrons. The first-order chi connectivity index (χ1) is 13.5. The first-order valence-electron chi connectivity index (χ1n) is 8.10. The molecule has 2 N–H and O–H groups in total. The van der Waals surface area contributed by atoms with Crippen molar-refractivity contribution in [2.24, 2.45) is 0 Å². The van der Waals surface area contributed by atoms with Crippen LogP contribution >= 0.6 is 23.4 Å². The van der Waals surface area contributed by atoms with Gasteiger partial charge in [0.25, 0.3) is 0 Å². The number of hydrogen-bond donors (Lipinski definition) is 2. The number of carbonyl (C=O) groups excluding carboxylic acids is 2. The van der Waals surface area contributed by atoms with Crippen molar-refractivity contribution in [1.29, 1.82) is 0 Å². The molecular weight excluding hydrogens is 435 g/mol. The van der Waals surface area contributed by atoms with Gasteiger partial charge in [0, 0.05) is 5.69 Å². The van der Waals surface area contributed by atoms with Crippen molar-refractivity contribution in [3.8, 4) is 0 Å². The molecule has 0 aliphatic heterocycles. The Balaban J connectivity index is 2.18. The van der Waals surface area contributed by atoms with Gasteiger partial charge in [-0.2, -0.15) is 18.2 Å². The standard InChI is InChI=1S/C17H15ClF3N3O4S/c1-3-28-15(26)13-8(2)22-16(27)24-14(13)29-7-12(25)23-11-6-9(17(19,20)21)4-5-10(11)18/h4-6H,3,7H2,1-2H3,(H,23,25)(H,22,24,27). The van der Waals surface area contributed by atoms with Crippen LogP contribution in [0.15, 0.2) is 28.0 Å². The van der Waals surface area contributed by atoms with Crippen LogP contribution in [-0.2, 0) is 15.7 Å². The highest BCUT2D eigenvalue weighted by Gasteiger charge is 2.31. The van der Waals surface area contributed by atoms with E-state index < -0.39 is 29.3 Å². The van der Waals surface area contributed by atoms with Crippen molar-refractivity contribution in [2.45, 2.75) is 25.0 Å². The maximum absolute atomic E-state index is 12.8. The van der Waals surface area contributed by atoms with Gasteiger partial charge in [0.2, 0.25) is 5.91 Å². The summed E-state index contributed by atoms with van der Waals surface area (Å²) in [6, 6.07) is 2.53. The number of aryl methyl sites for hydroxylation is 1. The van der Waals surface area contributed by atoms with Crippen LogP contribution in [0.1, 0.15) is 28.5 Å². The minimum absolute atomic E-state index is 0.00125. The summed E-state index contributed by atoms with van der Waals surface area (Å²) in [6.45, 7) is 3.17. The SMILES string of the molecule is CCOC(=O)c1c(SCC(=O)Nc2cc(C(F)(F)F)ccc2Cl)nc(=O)[nH]c1C. The summed E-state index contributed by atoms with van der Waals surface area (Å²) in [5.41, 5.74) is -1.69.